The van der Waals surface area contributed by atoms with E-state index in [0.29, 0.717) is 22.7 Å². The first kappa shape index (κ1) is 17.5. The molecule has 4 rings (SSSR count). The van der Waals surface area contributed by atoms with Crippen LogP contribution in [-0.4, -0.2) is 39.6 Å². The highest BCUT2D eigenvalue weighted by Crippen LogP contribution is 2.30. The molecule has 0 amide bonds. The molecule has 0 bridgehead atoms. The van der Waals surface area contributed by atoms with E-state index in [4.69, 9.17) is 0 Å². The van der Waals surface area contributed by atoms with Crippen LogP contribution in [0, 0.1) is 0 Å². The summed E-state index contributed by atoms with van der Waals surface area (Å²) < 4.78 is 25.6. The van der Waals surface area contributed by atoms with Crippen molar-refractivity contribution in [2.75, 3.05) is 11.6 Å². The van der Waals surface area contributed by atoms with Gasteiger partial charge >= 0.3 is 0 Å². The number of pyridine rings is 1. The van der Waals surface area contributed by atoms with Crippen LogP contribution in [0.5, 0.6) is 0 Å². The number of benzene rings is 1. The summed E-state index contributed by atoms with van der Waals surface area (Å²) in [6, 6.07) is 6.78. The fourth-order valence-corrected chi connectivity index (χ4v) is 3.53. The molecule has 3 heterocycles. The van der Waals surface area contributed by atoms with Crippen molar-refractivity contribution in [1.29, 1.82) is 0 Å². The van der Waals surface area contributed by atoms with Gasteiger partial charge in [0.2, 0.25) is 0 Å². The number of nitrogens with one attached hydrogen (secondary N) is 2. The van der Waals surface area contributed by atoms with Gasteiger partial charge in [-0.1, -0.05) is 0 Å². The SMILES string of the molecule is CC(C)(C)n1ccc(Nc2nc3ccc(S(C)(=O)=O)cc3c3cn[nH]c23)n1. The third-order valence-electron chi connectivity index (χ3n) is 4.32. The van der Waals surface area contributed by atoms with Crippen LogP contribution in [-0.2, 0) is 15.4 Å². The Labute approximate surface area is 156 Å². The van der Waals surface area contributed by atoms with E-state index in [1.807, 2.05) is 16.9 Å². The highest BCUT2D eigenvalue weighted by atomic mass is 32.2. The Morgan fingerprint density at radius 2 is 1.93 bits per heavy atom. The number of fused-ring (bicyclic) bond motifs is 3. The predicted octanol–water partition coefficient (Wildman–Crippen LogP) is 3.21. The van der Waals surface area contributed by atoms with Crippen LogP contribution >= 0.6 is 0 Å². The van der Waals surface area contributed by atoms with Crippen LogP contribution in [0.15, 0.2) is 41.6 Å². The molecule has 0 aliphatic heterocycles. The van der Waals surface area contributed by atoms with E-state index < -0.39 is 9.84 Å². The average Bonchev–Trinajstić information content (AvgIpc) is 3.22. The quantitative estimate of drug-likeness (QED) is 0.562. The number of H-pyrrole nitrogens is 1. The largest absolute Gasteiger partial charge is 0.322 e. The van der Waals surface area contributed by atoms with Crippen molar-refractivity contribution in [1.82, 2.24) is 25.0 Å². The van der Waals surface area contributed by atoms with Crippen LogP contribution < -0.4 is 5.32 Å². The van der Waals surface area contributed by atoms with Gasteiger partial charge in [-0.25, -0.2) is 13.4 Å². The normalized spacial score (nSPS) is 12.7. The van der Waals surface area contributed by atoms with Gasteiger partial charge in [-0.05, 0) is 39.0 Å². The summed E-state index contributed by atoms with van der Waals surface area (Å²) in [6.07, 6.45) is 4.77. The van der Waals surface area contributed by atoms with E-state index >= 15 is 0 Å². The Bertz CT molecular complexity index is 1260. The summed E-state index contributed by atoms with van der Waals surface area (Å²) in [5, 5.41) is 16.3. The van der Waals surface area contributed by atoms with Gasteiger partial charge in [0, 0.05) is 29.3 Å². The fourth-order valence-electron chi connectivity index (χ4n) is 2.88. The van der Waals surface area contributed by atoms with Gasteiger partial charge in [-0.3, -0.25) is 9.78 Å². The first-order chi connectivity index (χ1) is 12.6. The number of rotatable bonds is 3. The molecule has 9 heteroatoms. The van der Waals surface area contributed by atoms with Crippen molar-refractivity contribution in [3.05, 3.63) is 36.7 Å². The standard InChI is InChI=1S/C18H20N6O2S/c1-18(2,3)24-8-7-15(23-24)21-17-16-13(10-19-22-16)12-9-11(27(4,25)26)5-6-14(12)20-17/h5-10H,1-4H3,(H,19,22)(H,20,21,23). The maximum atomic E-state index is 11.9. The third-order valence-corrected chi connectivity index (χ3v) is 5.43. The average molecular weight is 384 g/mol. The lowest BCUT2D eigenvalue weighted by Crippen LogP contribution is -2.22. The molecule has 0 radical (unpaired) electrons. The number of aromatic amines is 1. The molecule has 140 valence electrons. The molecule has 0 atom stereocenters. The van der Waals surface area contributed by atoms with Crippen molar-refractivity contribution in [2.24, 2.45) is 0 Å². The Balaban J connectivity index is 1.84. The zero-order valence-electron chi connectivity index (χ0n) is 15.5. The second-order valence-corrected chi connectivity index (χ2v) is 9.53. The van der Waals surface area contributed by atoms with Gasteiger partial charge in [0.05, 0.1) is 22.1 Å². The number of nitrogens with zero attached hydrogens (tertiary/aromatic N) is 4. The molecule has 0 saturated carbocycles. The predicted molar refractivity (Wildman–Crippen MR) is 105 cm³/mol. The van der Waals surface area contributed by atoms with Crippen molar-refractivity contribution in [3.63, 3.8) is 0 Å². The van der Waals surface area contributed by atoms with E-state index in [9.17, 15) is 8.42 Å². The minimum absolute atomic E-state index is 0.123. The topological polar surface area (TPSA) is 106 Å². The minimum atomic E-state index is -3.30. The summed E-state index contributed by atoms with van der Waals surface area (Å²) in [5.41, 5.74) is 1.25. The van der Waals surface area contributed by atoms with Crippen molar-refractivity contribution in [2.45, 2.75) is 31.2 Å². The zero-order valence-corrected chi connectivity index (χ0v) is 16.3. The lowest BCUT2D eigenvalue weighted by atomic mass is 10.1. The molecular formula is C18H20N6O2S. The van der Waals surface area contributed by atoms with E-state index in [1.54, 1.807) is 24.4 Å². The molecule has 0 fully saturated rings. The van der Waals surface area contributed by atoms with Crippen LogP contribution in [0.3, 0.4) is 0 Å². The maximum absolute atomic E-state index is 11.9. The van der Waals surface area contributed by atoms with E-state index in [0.717, 1.165) is 10.8 Å². The summed E-state index contributed by atoms with van der Waals surface area (Å²) >= 11 is 0. The molecule has 1 aromatic carbocycles. The van der Waals surface area contributed by atoms with Gasteiger partial charge < -0.3 is 5.32 Å². The maximum Gasteiger partial charge on any atom is 0.175 e. The third kappa shape index (κ3) is 3.14. The second-order valence-electron chi connectivity index (χ2n) is 7.51. The monoisotopic (exact) mass is 384 g/mol. The second kappa shape index (κ2) is 5.78. The van der Waals surface area contributed by atoms with Crippen LogP contribution in [0.25, 0.3) is 21.8 Å². The molecule has 2 N–H and O–H groups in total. The minimum Gasteiger partial charge on any atom is -0.322 e. The molecule has 0 saturated heterocycles. The van der Waals surface area contributed by atoms with Crippen molar-refractivity contribution in [3.8, 4) is 0 Å². The summed E-state index contributed by atoms with van der Waals surface area (Å²) in [6.45, 7) is 6.22. The number of hydrogen-bond donors (Lipinski definition) is 2. The number of anilines is 2. The molecule has 0 spiro atoms. The summed E-state index contributed by atoms with van der Waals surface area (Å²) in [7, 11) is -3.30. The van der Waals surface area contributed by atoms with Gasteiger partial charge in [-0.2, -0.15) is 10.2 Å². The van der Waals surface area contributed by atoms with Crippen LogP contribution in [0.4, 0.5) is 11.6 Å². The number of aromatic nitrogens is 5. The first-order valence-corrected chi connectivity index (χ1v) is 10.3. The number of sulfone groups is 1. The van der Waals surface area contributed by atoms with Gasteiger partial charge in [0.1, 0.15) is 5.52 Å². The smallest absolute Gasteiger partial charge is 0.175 e. The summed E-state index contributed by atoms with van der Waals surface area (Å²) in [4.78, 5) is 4.89. The Kier molecular flexibility index (Phi) is 3.74. The van der Waals surface area contributed by atoms with Crippen molar-refractivity contribution < 1.29 is 8.42 Å². The summed E-state index contributed by atoms with van der Waals surface area (Å²) in [5.74, 6) is 1.25. The molecule has 3 aromatic heterocycles. The van der Waals surface area contributed by atoms with E-state index in [2.05, 4.69) is 46.4 Å². The van der Waals surface area contributed by atoms with Gasteiger partial charge in [-0.15, -0.1) is 0 Å². The Morgan fingerprint density at radius 1 is 1.15 bits per heavy atom. The lowest BCUT2D eigenvalue weighted by Gasteiger charge is -2.18. The molecular weight excluding hydrogens is 364 g/mol. The van der Waals surface area contributed by atoms with Crippen LogP contribution in [0.2, 0.25) is 0 Å². The highest BCUT2D eigenvalue weighted by molar-refractivity contribution is 7.90. The molecule has 0 aliphatic carbocycles. The Morgan fingerprint density at radius 3 is 2.59 bits per heavy atom. The Hall–Kier alpha value is -2.94. The highest BCUT2D eigenvalue weighted by Gasteiger charge is 2.17. The molecule has 8 nitrogen and oxygen atoms in total. The van der Waals surface area contributed by atoms with Gasteiger partial charge in [0.25, 0.3) is 0 Å². The molecule has 27 heavy (non-hydrogen) atoms. The molecule has 4 aromatic rings. The first-order valence-electron chi connectivity index (χ1n) is 8.43. The fraction of sp³-hybridized carbons (Fsp3) is 0.278. The lowest BCUT2D eigenvalue weighted by molar-refractivity contribution is 0.356. The number of hydrogen-bond acceptors (Lipinski definition) is 6. The molecule has 0 unspecified atom stereocenters. The van der Waals surface area contributed by atoms with Crippen molar-refractivity contribution >= 4 is 43.3 Å². The zero-order chi connectivity index (χ0) is 19.4. The molecule has 0 aliphatic rings. The van der Waals surface area contributed by atoms with Crippen LogP contribution in [0.1, 0.15) is 20.8 Å². The van der Waals surface area contributed by atoms with E-state index in [-0.39, 0.29) is 10.4 Å². The van der Waals surface area contributed by atoms with E-state index in [1.165, 1.54) is 6.26 Å². The van der Waals surface area contributed by atoms with Gasteiger partial charge in [0.15, 0.2) is 21.5 Å².